The third-order valence-corrected chi connectivity index (χ3v) is 2.94. The molecule has 0 spiro atoms. The van der Waals surface area contributed by atoms with Crippen molar-refractivity contribution in [3.8, 4) is 0 Å². The molecule has 0 saturated heterocycles. The number of Topliss-reactive ketones (excluding diaryl/α,β-unsaturated/α-hetero) is 2. The monoisotopic (exact) mass is 306 g/mol. The van der Waals surface area contributed by atoms with Crippen LogP contribution in [0.2, 0.25) is 0 Å². The van der Waals surface area contributed by atoms with Crippen molar-refractivity contribution >= 4 is 23.4 Å². The van der Waals surface area contributed by atoms with Crippen LogP contribution in [0.25, 0.3) is 0 Å². The average molecular weight is 306 g/mol. The van der Waals surface area contributed by atoms with E-state index in [9.17, 15) is 19.2 Å². The van der Waals surface area contributed by atoms with E-state index in [0.717, 1.165) is 0 Å². The highest BCUT2D eigenvalue weighted by atomic mass is 16.4. The van der Waals surface area contributed by atoms with E-state index in [1.54, 1.807) is 30.3 Å². The lowest BCUT2D eigenvalue weighted by Crippen LogP contribution is -2.38. The molecule has 1 aromatic carbocycles. The second-order valence-corrected chi connectivity index (χ2v) is 4.77. The summed E-state index contributed by atoms with van der Waals surface area (Å²) >= 11 is 0. The molecule has 0 aliphatic heterocycles. The van der Waals surface area contributed by atoms with Crippen LogP contribution in [0.15, 0.2) is 30.3 Å². The van der Waals surface area contributed by atoms with Crippen LogP contribution < -0.4 is 11.1 Å². The Morgan fingerprint density at radius 1 is 1.14 bits per heavy atom. The van der Waals surface area contributed by atoms with E-state index < -0.39 is 36.0 Å². The number of rotatable bonds is 9. The van der Waals surface area contributed by atoms with Crippen molar-refractivity contribution in [3.63, 3.8) is 0 Å². The maximum absolute atomic E-state index is 11.8. The molecule has 22 heavy (non-hydrogen) atoms. The van der Waals surface area contributed by atoms with Gasteiger partial charge in [0.25, 0.3) is 0 Å². The second-order valence-electron chi connectivity index (χ2n) is 4.77. The number of carbonyl (C=O) groups excluding carboxylic acids is 3. The fourth-order valence-corrected chi connectivity index (χ4v) is 1.76. The highest BCUT2D eigenvalue weighted by Gasteiger charge is 2.22. The number of nitrogens with one attached hydrogen (secondary N) is 1. The fraction of sp³-hybridized carbons (Fsp3) is 0.333. The number of amides is 1. The van der Waals surface area contributed by atoms with Gasteiger partial charge in [0.05, 0.1) is 6.04 Å². The Kier molecular flexibility index (Phi) is 6.91. The third-order valence-electron chi connectivity index (χ3n) is 2.94. The van der Waals surface area contributed by atoms with Gasteiger partial charge in [-0.15, -0.1) is 0 Å². The molecule has 0 fully saturated rings. The molecule has 0 aliphatic carbocycles. The van der Waals surface area contributed by atoms with Crippen LogP contribution in [0.3, 0.4) is 0 Å². The van der Waals surface area contributed by atoms with Gasteiger partial charge >= 0.3 is 5.97 Å². The number of aliphatic carboxylic acids is 1. The zero-order chi connectivity index (χ0) is 16.5. The van der Waals surface area contributed by atoms with Gasteiger partial charge < -0.3 is 16.2 Å². The summed E-state index contributed by atoms with van der Waals surface area (Å²) in [7, 11) is 0. The summed E-state index contributed by atoms with van der Waals surface area (Å²) in [5.41, 5.74) is 6.32. The highest BCUT2D eigenvalue weighted by molar-refractivity contribution is 6.39. The topological polar surface area (TPSA) is 127 Å². The van der Waals surface area contributed by atoms with Gasteiger partial charge in [-0.3, -0.25) is 19.2 Å². The minimum absolute atomic E-state index is 0.00911. The zero-order valence-corrected chi connectivity index (χ0v) is 12.0. The summed E-state index contributed by atoms with van der Waals surface area (Å²) in [6.45, 7) is -0.491. The van der Waals surface area contributed by atoms with Gasteiger partial charge in [0, 0.05) is 12.8 Å². The van der Waals surface area contributed by atoms with Gasteiger partial charge in [0.2, 0.25) is 17.5 Å². The molecule has 1 atom stereocenters. The van der Waals surface area contributed by atoms with Gasteiger partial charge in [0.15, 0.2) is 0 Å². The highest BCUT2D eigenvalue weighted by Crippen LogP contribution is 2.04. The summed E-state index contributed by atoms with van der Waals surface area (Å²) in [5.74, 6) is -3.02. The van der Waals surface area contributed by atoms with Crippen molar-refractivity contribution in [3.05, 3.63) is 35.9 Å². The number of carboxylic acids is 1. The standard InChI is InChI=1S/C15H18N2O5/c16-11(6-7-13(19)17-9-14(20)21)15(22)12(18)8-10-4-2-1-3-5-10/h1-5,11H,6-9,16H2,(H,17,19)(H,20,21)/t11-/m0/s1. The molecule has 0 aromatic heterocycles. The molecular formula is C15H18N2O5. The first-order valence-electron chi connectivity index (χ1n) is 6.75. The molecule has 0 saturated carbocycles. The molecule has 1 amide bonds. The molecule has 0 bridgehead atoms. The van der Waals surface area contributed by atoms with Crippen LogP contribution in [0.1, 0.15) is 18.4 Å². The maximum Gasteiger partial charge on any atom is 0.322 e. The van der Waals surface area contributed by atoms with Gasteiger partial charge in [-0.25, -0.2) is 0 Å². The lowest BCUT2D eigenvalue weighted by Gasteiger charge is -2.09. The number of hydrogen-bond donors (Lipinski definition) is 3. The van der Waals surface area contributed by atoms with Crippen molar-refractivity contribution in [2.45, 2.75) is 25.3 Å². The lowest BCUT2D eigenvalue weighted by molar-refractivity contribution is -0.138. The Hall–Kier alpha value is -2.54. The summed E-state index contributed by atoms with van der Waals surface area (Å²) in [6.07, 6.45) is -0.151. The number of ketones is 2. The Labute approximate surface area is 127 Å². The van der Waals surface area contributed by atoms with E-state index in [1.807, 2.05) is 0 Å². The Morgan fingerprint density at radius 2 is 1.77 bits per heavy atom. The Balaban J connectivity index is 2.39. The molecule has 7 heteroatoms. The predicted octanol–water partition coefficient (Wildman–Crippen LogP) is -0.324. The minimum atomic E-state index is -1.16. The molecular weight excluding hydrogens is 288 g/mol. The molecule has 0 radical (unpaired) electrons. The van der Waals surface area contributed by atoms with Crippen LogP contribution in [0, 0.1) is 0 Å². The first-order valence-corrected chi connectivity index (χ1v) is 6.75. The molecule has 7 nitrogen and oxygen atoms in total. The van der Waals surface area contributed by atoms with Crippen LogP contribution in [0.5, 0.6) is 0 Å². The predicted molar refractivity (Wildman–Crippen MR) is 78.0 cm³/mol. The van der Waals surface area contributed by atoms with Gasteiger partial charge in [-0.2, -0.15) is 0 Å². The molecule has 0 unspecified atom stereocenters. The number of benzene rings is 1. The number of hydrogen-bond acceptors (Lipinski definition) is 5. The van der Waals surface area contributed by atoms with Gasteiger partial charge in [-0.05, 0) is 12.0 Å². The summed E-state index contributed by atoms with van der Waals surface area (Å²) in [5, 5.41) is 10.6. The van der Waals surface area contributed by atoms with Gasteiger partial charge in [-0.1, -0.05) is 30.3 Å². The van der Waals surface area contributed by atoms with Crippen molar-refractivity contribution in [2.75, 3.05) is 6.54 Å². The van der Waals surface area contributed by atoms with Crippen molar-refractivity contribution in [2.24, 2.45) is 5.73 Å². The third kappa shape index (κ3) is 6.27. The first-order chi connectivity index (χ1) is 10.4. The van der Waals surface area contributed by atoms with E-state index >= 15 is 0 Å². The maximum atomic E-state index is 11.8. The molecule has 4 N–H and O–H groups in total. The Bertz CT molecular complexity index is 556. The van der Waals surface area contributed by atoms with E-state index in [-0.39, 0.29) is 19.3 Å². The average Bonchev–Trinajstić information content (AvgIpc) is 2.50. The number of carbonyl (C=O) groups is 4. The van der Waals surface area contributed by atoms with Crippen molar-refractivity contribution in [1.29, 1.82) is 0 Å². The number of carboxylic acid groups (broad SMARTS) is 1. The summed E-state index contributed by atoms with van der Waals surface area (Å²) < 4.78 is 0. The van der Waals surface area contributed by atoms with E-state index in [2.05, 4.69) is 5.32 Å². The molecule has 0 aliphatic rings. The summed E-state index contributed by atoms with van der Waals surface area (Å²) in [6, 6.07) is 7.73. The van der Waals surface area contributed by atoms with E-state index in [4.69, 9.17) is 10.8 Å². The lowest BCUT2D eigenvalue weighted by atomic mass is 9.99. The number of nitrogens with two attached hydrogens (primary N) is 1. The second kappa shape index (κ2) is 8.68. The largest absolute Gasteiger partial charge is 0.480 e. The normalized spacial score (nSPS) is 11.5. The fourth-order valence-electron chi connectivity index (χ4n) is 1.76. The first kappa shape index (κ1) is 17.5. The van der Waals surface area contributed by atoms with Crippen LogP contribution in [-0.2, 0) is 25.6 Å². The smallest absolute Gasteiger partial charge is 0.322 e. The molecule has 1 rings (SSSR count). The molecule has 118 valence electrons. The minimum Gasteiger partial charge on any atom is -0.480 e. The van der Waals surface area contributed by atoms with Crippen molar-refractivity contribution < 1.29 is 24.3 Å². The van der Waals surface area contributed by atoms with Crippen LogP contribution in [-0.4, -0.2) is 41.1 Å². The molecule has 0 heterocycles. The quantitative estimate of drug-likeness (QED) is 0.536. The summed E-state index contributed by atoms with van der Waals surface area (Å²) in [4.78, 5) is 45.2. The van der Waals surface area contributed by atoms with E-state index in [1.165, 1.54) is 0 Å². The van der Waals surface area contributed by atoms with Crippen LogP contribution in [0.4, 0.5) is 0 Å². The zero-order valence-electron chi connectivity index (χ0n) is 12.0. The van der Waals surface area contributed by atoms with Crippen LogP contribution >= 0.6 is 0 Å². The SMILES string of the molecule is N[C@@H](CCC(=O)NCC(=O)O)C(=O)C(=O)Cc1ccccc1. The van der Waals surface area contributed by atoms with Crippen molar-refractivity contribution in [1.82, 2.24) is 5.32 Å². The Morgan fingerprint density at radius 3 is 2.36 bits per heavy atom. The molecule has 1 aromatic rings. The van der Waals surface area contributed by atoms with E-state index in [0.29, 0.717) is 5.56 Å². The van der Waals surface area contributed by atoms with Gasteiger partial charge in [0.1, 0.15) is 6.54 Å².